The van der Waals surface area contributed by atoms with E-state index in [-0.39, 0.29) is 5.82 Å². The second-order valence-electron chi connectivity index (χ2n) is 4.24. The minimum absolute atomic E-state index is 0.313. The predicted octanol–water partition coefficient (Wildman–Crippen LogP) is 3.37. The largest absolute Gasteiger partial charge is 0.388 e. The smallest absolute Gasteiger partial charge is 0.123 e. The third kappa shape index (κ3) is 3.64. The van der Waals surface area contributed by atoms with Crippen LogP contribution in [0, 0.1) is 23.6 Å². The van der Waals surface area contributed by atoms with E-state index in [0.717, 1.165) is 5.56 Å². The van der Waals surface area contributed by atoms with Crippen molar-refractivity contribution < 1.29 is 9.50 Å². The number of hydrogen-bond acceptors (Lipinski definition) is 2. The highest BCUT2D eigenvalue weighted by atomic mass is 19.1. The molecule has 0 saturated heterocycles. The van der Waals surface area contributed by atoms with Crippen LogP contribution in [-0.2, 0) is 0 Å². The lowest BCUT2D eigenvalue weighted by Gasteiger charge is -2.10. The number of aliphatic hydroxyl groups is 1. The van der Waals surface area contributed by atoms with Gasteiger partial charge in [0.2, 0.25) is 0 Å². The van der Waals surface area contributed by atoms with Crippen molar-refractivity contribution in [3.8, 4) is 6.07 Å². The zero-order valence-corrected chi connectivity index (χ0v) is 10.3. The lowest BCUT2D eigenvalue weighted by Crippen LogP contribution is -1.98. The van der Waals surface area contributed by atoms with Crippen molar-refractivity contribution in [2.75, 3.05) is 0 Å². The number of hydrogen-bond donors (Lipinski definition) is 1. The number of nitriles is 1. The minimum Gasteiger partial charge on any atom is -0.388 e. The van der Waals surface area contributed by atoms with Gasteiger partial charge in [-0.15, -0.1) is 0 Å². The van der Waals surface area contributed by atoms with Crippen LogP contribution in [0.2, 0.25) is 0 Å². The zero-order chi connectivity index (χ0) is 13.7. The first-order chi connectivity index (χ1) is 9.19. The van der Waals surface area contributed by atoms with Gasteiger partial charge in [0, 0.05) is 0 Å². The molecule has 2 aromatic rings. The van der Waals surface area contributed by atoms with Crippen molar-refractivity contribution in [1.82, 2.24) is 0 Å². The molecule has 1 N–H and O–H groups in total. The molecular weight excluding hydrogens is 241 g/mol. The van der Waals surface area contributed by atoms with Crippen LogP contribution >= 0.6 is 0 Å². The zero-order valence-electron chi connectivity index (χ0n) is 10.3. The molecule has 1 atom stereocenters. The molecule has 2 nitrogen and oxygen atoms in total. The summed E-state index contributed by atoms with van der Waals surface area (Å²) in [5, 5.41) is 18.7. The van der Waals surface area contributed by atoms with Crippen LogP contribution in [0.3, 0.4) is 0 Å². The van der Waals surface area contributed by atoms with E-state index in [1.54, 1.807) is 24.3 Å². The first-order valence-electron chi connectivity index (χ1n) is 5.96. The molecule has 0 heterocycles. The van der Waals surface area contributed by atoms with E-state index >= 15 is 0 Å². The maximum absolute atomic E-state index is 12.8. The third-order valence-corrected chi connectivity index (χ3v) is 2.87. The Kier molecular flexibility index (Phi) is 4.27. The van der Waals surface area contributed by atoms with Crippen LogP contribution in [0.25, 0.3) is 0 Å². The van der Waals surface area contributed by atoms with Gasteiger partial charge in [0.1, 0.15) is 5.82 Å². The van der Waals surface area contributed by atoms with Crippen molar-refractivity contribution in [1.29, 1.82) is 5.26 Å². The summed E-state index contributed by atoms with van der Waals surface area (Å²) >= 11 is 0. The minimum atomic E-state index is -0.656. The summed E-state index contributed by atoms with van der Waals surface area (Å²) in [6.45, 7) is 0. The first kappa shape index (κ1) is 13.3. The average Bonchev–Trinajstić information content (AvgIpc) is 2.46. The summed E-state index contributed by atoms with van der Waals surface area (Å²) in [4.78, 5) is 0. The van der Waals surface area contributed by atoms with Crippen molar-refractivity contribution in [3.05, 3.63) is 77.5 Å². The second kappa shape index (κ2) is 6.12. The molecule has 1 unspecified atom stereocenters. The van der Waals surface area contributed by atoms with Crippen LogP contribution in [0.15, 0.2) is 48.5 Å². The summed E-state index contributed by atoms with van der Waals surface area (Å²) in [6, 6.07) is 15.0. The molecule has 0 aliphatic heterocycles. The van der Waals surface area contributed by atoms with E-state index in [1.165, 1.54) is 12.1 Å². The van der Waals surface area contributed by atoms with Gasteiger partial charge >= 0.3 is 0 Å². The number of halogens is 1. The van der Waals surface area contributed by atoms with Crippen molar-refractivity contribution in [3.63, 3.8) is 0 Å². The molecule has 2 rings (SSSR count). The number of aliphatic hydroxyl groups excluding tert-OH is 1. The molecule has 2 aromatic carbocycles. The molecule has 3 heteroatoms. The van der Waals surface area contributed by atoms with Crippen molar-refractivity contribution in [2.24, 2.45) is 0 Å². The van der Waals surface area contributed by atoms with Crippen LogP contribution in [-0.4, -0.2) is 5.11 Å². The molecule has 0 aromatic heterocycles. The fourth-order valence-electron chi connectivity index (χ4n) is 1.76. The first-order valence-corrected chi connectivity index (χ1v) is 5.96. The number of nitrogens with zero attached hydrogens (tertiary/aromatic N) is 1. The maximum atomic E-state index is 12.8. The number of benzene rings is 2. The van der Waals surface area contributed by atoms with Gasteiger partial charge in [-0.05, 0) is 48.2 Å². The summed E-state index contributed by atoms with van der Waals surface area (Å²) < 4.78 is 12.8. The Bertz CT molecular complexity index is 569. The molecule has 0 aliphatic carbocycles. The van der Waals surface area contributed by atoms with Crippen molar-refractivity contribution in [2.45, 2.75) is 12.5 Å². The van der Waals surface area contributed by atoms with Crippen molar-refractivity contribution >= 4 is 0 Å². The Morgan fingerprint density at radius 3 is 2.32 bits per heavy atom. The lowest BCUT2D eigenvalue weighted by molar-refractivity contribution is 0.178. The SMILES string of the molecule is N#Cc1ccc([CH]CC(O)c2ccc(F)cc2)cc1. The van der Waals surface area contributed by atoms with Crippen LogP contribution in [0.1, 0.15) is 29.2 Å². The number of rotatable bonds is 4. The Hall–Kier alpha value is -2.18. The molecule has 0 spiro atoms. The maximum Gasteiger partial charge on any atom is 0.123 e. The third-order valence-electron chi connectivity index (χ3n) is 2.87. The predicted molar refractivity (Wildman–Crippen MR) is 70.5 cm³/mol. The summed E-state index contributed by atoms with van der Waals surface area (Å²) in [7, 11) is 0. The molecule has 0 amide bonds. The monoisotopic (exact) mass is 254 g/mol. The van der Waals surface area contributed by atoms with Crippen LogP contribution in [0.4, 0.5) is 4.39 Å². The molecular formula is C16H13FNO. The Morgan fingerprint density at radius 1 is 1.11 bits per heavy atom. The van der Waals surface area contributed by atoms with Gasteiger partial charge < -0.3 is 5.11 Å². The quantitative estimate of drug-likeness (QED) is 0.909. The molecule has 0 fully saturated rings. The van der Waals surface area contributed by atoms with Gasteiger partial charge in [-0.2, -0.15) is 5.26 Å². The van der Waals surface area contributed by atoms with Crippen LogP contribution < -0.4 is 0 Å². The standard InChI is InChI=1S/C16H13FNO/c17-15-8-6-14(7-9-15)16(19)10-5-12-1-3-13(11-18)4-2-12/h1-9,16,19H,10H2. The van der Waals surface area contributed by atoms with E-state index in [9.17, 15) is 9.50 Å². The topological polar surface area (TPSA) is 44.0 Å². The van der Waals surface area contributed by atoms with E-state index in [2.05, 4.69) is 6.07 Å². The molecule has 0 bridgehead atoms. The highest BCUT2D eigenvalue weighted by Gasteiger charge is 2.08. The molecule has 1 radical (unpaired) electrons. The van der Waals surface area contributed by atoms with Gasteiger partial charge in [0.25, 0.3) is 0 Å². The Labute approximate surface area is 111 Å². The molecule has 19 heavy (non-hydrogen) atoms. The van der Waals surface area contributed by atoms with E-state index in [0.29, 0.717) is 17.5 Å². The van der Waals surface area contributed by atoms with E-state index in [1.807, 2.05) is 18.6 Å². The van der Waals surface area contributed by atoms with Crippen LogP contribution in [0.5, 0.6) is 0 Å². The summed E-state index contributed by atoms with van der Waals surface area (Å²) in [5.74, 6) is -0.313. The summed E-state index contributed by atoms with van der Waals surface area (Å²) in [6.07, 6.45) is 1.67. The van der Waals surface area contributed by atoms with Gasteiger partial charge in [-0.1, -0.05) is 24.3 Å². The molecule has 0 saturated carbocycles. The Balaban J connectivity index is 1.94. The highest BCUT2D eigenvalue weighted by molar-refractivity contribution is 5.34. The fourth-order valence-corrected chi connectivity index (χ4v) is 1.76. The average molecular weight is 254 g/mol. The van der Waals surface area contributed by atoms with E-state index < -0.39 is 6.10 Å². The van der Waals surface area contributed by atoms with E-state index in [4.69, 9.17) is 5.26 Å². The van der Waals surface area contributed by atoms with Gasteiger partial charge in [0.15, 0.2) is 0 Å². The molecule has 95 valence electrons. The lowest BCUT2D eigenvalue weighted by atomic mass is 10.0. The van der Waals surface area contributed by atoms with Gasteiger partial charge in [0.05, 0.1) is 17.7 Å². The van der Waals surface area contributed by atoms with Gasteiger partial charge in [-0.3, -0.25) is 0 Å². The summed E-state index contributed by atoms with van der Waals surface area (Å²) in [5.41, 5.74) is 2.24. The van der Waals surface area contributed by atoms with Gasteiger partial charge in [-0.25, -0.2) is 4.39 Å². The Morgan fingerprint density at radius 2 is 1.74 bits per heavy atom. The molecule has 0 aliphatic rings. The second-order valence-corrected chi connectivity index (χ2v) is 4.24. The fraction of sp³-hybridized carbons (Fsp3) is 0.125. The highest BCUT2D eigenvalue weighted by Crippen LogP contribution is 2.20. The normalized spacial score (nSPS) is 11.8.